The van der Waals surface area contributed by atoms with E-state index in [1.54, 1.807) is 13.8 Å². The van der Waals surface area contributed by atoms with Crippen LogP contribution in [-0.2, 0) is 19.1 Å². The molecule has 0 aliphatic heterocycles. The molecule has 0 radical (unpaired) electrons. The highest BCUT2D eigenvalue weighted by molar-refractivity contribution is 6.10. The maximum absolute atomic E-state index is 12.1. The Morgan fingerprint density at radius 1 is 1.35 bits per heavy atom. The molecule has 2 unspecified atom stereocenters. The summed E-state index contributed by atoms with van der Waals surface area (Å²) in [7, 11) is 0. The number of ketones is 1. The number of hydrogen-bond acceptors (Lipinski definition) is 4. The smallest absolute Gasteiger partial charge is 0.343 e. The minimum Gasteiger partial charge on any atom is -0.479 e. The molecule has 1 rings (SSSR count). The molecular weight excluding hydrogens is 224 g/mol. The monoisotopic (exact) mass is 244 g/mol. The molecule has 1 saturated carbocycles. The number of rotatable bonds is 5. The van der Waals surface area contributed by atoms with Crippen LogP contribution in [0, 0.1) is 0 Å². The first-order chi connectivity index (χ1) is 7.79. The van der Waals surface area contributed by atoms with E-state index in [0.29, 0.717) is 6.42 Å². The average Bonchev–Trinajstić information content (AvgIpc) is 2.46. The third-order valence-corrected chi connectivity index (χ3v) is 2.67. The van der Waals surface area contributed by atoms with Gasteiger partial charge in [-0.2, -0.15) is 0 Å². The standard InChI is InChI=1S/C12H20O5/c1-7(2)16-9-5-6-12(10(9)13,11(14)15)17-8(3)4/h7-9H,5-6H2,1-4H3,(H,14,15). The molecule has 0 saturated heterocycles. The van der Waals surface area contributed by atoms with E-state index in [1.165, 1.54) is 0 Å². The van der Waals surface area contributed by atoms with Crippen molar-refractivity contribution in [2.45, 2.75) is 64.4 Å². The molecule has 1 fully saturated rings. The first-order valence-corrected chi connectivity index (χ1v) is 5.90. The van der Waals surface area contributed by atoms with E-state index in [2.05, 4.69) is 0 Å². The predicted octanol–water partition coefficient (Wildman–Crippen LogP) is 1.39. The Morgan fingerprint density at radius 3 is 2.35 bits per heavy atom. The van der Waals surface area contributed by atoms with Crippen LogP contribution in [0.5, 0.6) is 0 Å². The van der Waals surface area contributed by atoms with Crippen LogP contribution in [0.2, 0.25) is 0 Å². The lowest BCUT2D eigenvalue weighted by Crippen LogP contribution is -2.49. The molecule has 0 spiro atoms. The third-order valence-electron chi connectivity index (χ3n) is 2.67. The maximum Gasteiger partial charge on any atom is 0.343 e. The molecule has 2 atom stereocenters. The van der Waals surface area contributed by atoms with Crippen LogP contribution in [-0.4, -0.2) is 40.8 Å². The second-order valence-electron chi connectivity index (χ2n) is 4.88. The Balaban J connectivity index is 2.88. The Labute approximate surface area is 101 Å². The van der Waals surface area contributed by atoms with E-state index in [-0.39, 0.29) is 18.6 Å². The van der Waals surface area contributed by atoms with Crippen molar-refractivity contribution in [3.8, 4) is 0 Å². The number of carbonyl (C=O) groups is 2. The Hall–Kier alpha value is -0.940. The van der Waals surface area contributed by atoms with Gasteiger partial charge in [-0.15, -0.1) is 0 Å². The molecule has 5 nitrogen and oxygen atoms in total. The highest BCUT2D eigenvalue weighted by atomic mass is 16.6. The first-order valence-electron chi connectivity index (χ1n) is 5.90. The molecule has 0 amide bonds. The van der Waals surface area contributed by atoms with Gasteiger partial charge in [0.1, 0.15) is 6.10 Å². The summed E-state index contributed by atoms with van der Waals surface area (Å²) in [4.78, 5) is 23.4. The normalized spacial score (nSPS) is 29.3. The van der Waals surface area contributed by atoms with Crippen molar-refractivity contribution in [2.75, 3.05) is 0 Å². The molecule has 0 aromatic carbocycles. The van der Waals surface area contributed by atoms with E-state index in [0.717, 1.165) is 0 Å². The second kappa shape index (κ2) is 5.14. The van der Waals surface area contributed by atoms with Gasteiger partial charge in [0.25, 0.3) is 0 Å². The lowest BCUT2D eigenvalue weighted by Gasteiger charge is -2.26. The quantitative estimate of drug-likeness (QED) is 0.740. The van der Waals surface area contributed by atoms with Crippen LogP contribution in [0.4, 0.5) is 0 Å². The lowest BCUT2D eigenvalue weighted by atomic mass is 10.0. The molecule has 0 bridgehead atoms. The van der Waals surface area contributed by atoms with E-state index in [9.17, 15) is 14.7 Å². The summed E-state index contributed by atoms with van der Waals surface area (Å²) < 4.78 is 10.8. The van der Waals surface area contributed by atoms with Crippen LogP contribution in [0.25, 0.3) is 0 Å². The van der Waals surface area contributed by atoms with Gasteiger partial charge >= 0.3 is 5.97 Å². The molecular formula is C12H20O5. The fourth-order valence-corrected chi connectivity index (χ4v) is 2.09. The topological polar surface area (TPSA) is 72.8 Å². The average molecular weight is 244 g/mol. The first kappa shape index (κ1) is 14.1. The van der Waals surface area contributed by atoms with Crippen LogP contribution >= 0.6 is 0 Å². The summed E-state index contributed by atoms with van der Waals surface area (Å²) >= 11 is 0. The van der Waals surface area contributed by atoms with Crippen LogP contribution in [0.3, 0.4) is 0 Å². The zero-order valence-electron chi connectivity index (χ0n) is 10.7. The third kappa shape index (κ3) is 2.84. The van der Waals surface area contributed by atoms with Crippen LogP contribution < -0.4 is 0 Å². The van der Waals surface area contributed by atoms with Crippen molar-refractivity contribution in [2.24, 2.45) is 0 Å². The molecule has 0 aromatic heterocycles. The van der Waals surface area contributed by atoms with Crippen LogP contribution in [0.15, 0.2) is 0 Å². The second-order valence-corrected chi connectivity index (χ2v) is 4.88. The summed E-state index contributed by atoms with van der Waals surface area (Å²) in [6.07, 6.45) is -0.502. The van der Waals surface area contributed by atoms with Crippen molar-refractivity contribution < 1.29 is 24.2 Å². The summed E-state index contributed by atoms with van der Waals surface area (Å²) in [5.74, 6) is -1.68. The van der Waals surface area contributed by atoms with Crippen molar-refractivity contribution in [3.63, 3.8) is 0 Å². The molecule has 1 aliphatic rings. The lowest BCUT2D eigenvalue weighted by molar-refractivity contribution is -0.177. The number of aliphatic carboxylic acids is 1. The van der Waals surface area contributed by atoms with Gasteiger partial charge in [0, 0.05) is 0 Å². The Kier molecular flexibility index (Phi) is 4.27. The number of carboxylic acids is 1. The van der Waals surface area contributed by atoms with Crippen molar-refractivity contribution >= 4 is 11.8 Å². The predicted molar refractivity (Wildman–Crippen MR) is 60.8 cm³/mol. The largest absolute Gasteiger partial charge is 0.479 e. The number of hydrogen-bond donors (Lipinski definition) is 1. The van der Waals surface area contributed by atoms with E-state index < -0.39 is 23.5 Å². The Bertz CT molecular complexity index is 310. The maximum atomic E-state index is 12.1. The molecule has 17 heavy (non-hydrogen) atoms. The molecule has 1 aliphatic carbocycles. The van der Waals surface area contributed by atoms with Crippen molar-refractivity contribution in [1.29, 1.82) is 0 Å². The molecule has 5 heteroatoms. The zero-order chi connectivity index (χ0) is 13.2. The summed E-state index contributed by atoms with van der Waals surface area (Å²) in [5, 5.41) is 9.23. The molecule has 1 N–H and O–H groups in total. The fraction of sp³-hybridized carbons (Fsp3) is 0.833. The van der Waals surface area contributed by atoms with E-state index >= 15 is 0 Å². The molecule has 0 heterocycles. The van der Waals surface area contributed by atoms with Gasteiger partial charge in [0.15, 0.2) is 0 Å². The minimum absolute atomic E-state index is 0.104. The van der Waals surface area contributed by atoms with Gasteiger partial charge in [-0.25, -0.2) is 4.79 Å². The highest BCUT2D eigenvalue weighted by Crippen LogP contribution is 2.34. The number of Topliss-reactive ketones (excluding diaryl/α,β-unsaturated/α-hetero) is 1. The molecule has 98 valence electrons. The molecule has 0 aromatic rings. The van der Waals surface area contributed by atoms with E-state index in [4.69, 9.17) is 9.47 Å². The minimum atomic E-state index is -1.71. The van der Waals surface area contributed by atoms with Gasteiger partial charge < -0.3 is 14.6 Å². The summed E-state index contributed by atoms with van der Waals surface area (Å²) in [6.45, 7) is 7.07. The van der Waals surface area contributed by atoms with Crippen LogP contribution in [0.1, 0.15) is 40.5 Å². The fourth-order valence-electron chi connectivity index (χ4n) is 2.09. The number of ether oxygens (including phenoxy) is 2. The SMILES string of the molecule is CC(C)OC1CCC(OC(C)C)(C(=O)O)C1=O. The Morgan fingerprint density at radius 2 is 1.94 bits per heavy atom. The number of carboxylic acid groups (broad SMARTS) is 1. The summed E-state index contributed by atoms with van der Waals surface area (Å²) in [5.41, 5.74) is -1.71. The van der Waals surface area contributed by atoms with Gasteiger partial charge in [0.05, 0.1) is 12.2 Å². The summed E-state index contributed by atoms with van der Waals surface area (Å²) in [6, 6.07) is 0. The van der Waals surface area contributed by atoms with Crippen molar-refractivity contribution in [1.82, 2.24) is 0 Å². The van der Waals surface area contributed by atoms with Gasteiger partial charge in [-0.1, -0.05) is 0 Å². The van der Waals surface area contributed by atoms with Gasteiger partial charge in [-0.05, 0) is 40.5 Å². The highest BCUT2D eigenvalue weighted by Gasteiger charge is 2.56. The number of carbonyl (C=O) groups excluding carboxylic acids is 1. The van der Waals surface area contributed by atoms with Crippen molar-refractivity contribution in [3.05, 3.63) is 0 Å². The van der Waals surface area contributed by atoms with E-state index in [1.807, 2.05) is 13.8 Å². The van der Waals surface area contributed by atoms with Gasteiger partial charge in [0.2, 0.25) is 11.4 Å². The van der Waals surface area contributed by atoms with Gasteiger partial charge in [-0.3, -0.25) is 4.79 Å². The zero-order valence-corrected chi connectivity index (χ0v) is 10.7.